The van der Waals surface area contributed by atoms with Gasteiger partial charge in [0.25, 0.3) is 0 Å². The van der Waals surface area contributed by atoms with E-state index >= 15 is 0 Å². The molecule has 2 aromatic rings. The molecule has 0 atom stereocenters. The van der Waals surface area contributed by atoms with Crippen molar-refractivity contribution < 1.29 is 5.11 Å². The first kappa shape index (κ1) is 14.2. The minimum atomic E-state index is 0.318. The van der Waals surface area contributed by atoms with Gasteiger partial charge in [0.1, 0.15) is 5.75 Å². The third-order valence-corrected chi connectivity index (χ3v) is 4.12. The van der Waals surface area contributed by atoms with Crippen LogP contribution in [0.3, 0.4) is 0 Å². The SMILES string of the molecule is Oc1ccc(N2CCN(Cc3cccc(Cl)c3)CC2)cc1. The lowest BCUT2D eigenvalue weighted by Crippen LogP contribution is -2.45. The lowest BCUT2D eigenvalue weighted by Gasteiger charge is -2.36. The van der Waals surface area contributed by atoms with E-state index in [9.17, 15) is 5.11 Å². The summed E-state index contributed by atoms with van der Waals surface area (Å²) in [4.78, 5) is 4.80. The quantitative estimate of drug-likeness (QED) is 0.942. The normalized spacial score (nSPS) is 16.1. The minimum Gasteiger partial charge on any atom is -0.508 e. The second-order valence-corrected chi connectivity index (χ2v) is 5.85. The number of rotatable bonds is 3. The maximum atomic E-state index is 9.35. The summed E-state index contributed by atoms with van der Waals surface area (Å²) in [6.07, 6.45) is 0. The number of phenols is 1. The van der Waals surface area contributed by atoms with Crippen molar-refractivity contribution in [3.63, 3.8) is 0 Å². The van der Waals surface area contributed by atoms with E-state index in [2.05, 4.69) is 15.9 Å². The molecular formula is C17H19ClN2O. The summed E-state index contributed by atoms with van der Waals surface area (Å²) in [6.45, 7) is 5.03. The summed E-state index contributed by atoms with van der Waals surface area (Å²) in [5, 5.41) is 10.1. The Kier molecular flexibility index (Phi) is 4.32. The molecule has 110 valence electrons. The second kappa shape index (κ2) is 6.37. The van der Waals surface area contributed by atoms with Crippen molar-refractivity contribution in [2.45, 2.75) is 6.54 Å². The summed E-state index contributed by atoms with van der Waals surface area (Å²) in [5.74, 6) is 0.318. The van der Waals surface area contributed by atoms with Crippen LogP contribution in [0, 0.1) is 0 Å². The summed E-state index contributed by atoms with van der Waals surface area (Å²) < 4.78 is 0. The van der Waals surface area contributed by atoms with Crippen LogP contribution in [0.25, 0.3) is 0 Å². The van der Waals surface area contributed by atoms with Gasteiger partial charge in [0.2, 0.25) is 0 Å². The molecule has 1 fully saturated rings. The van der Waals surface area contributed by atoms with Gasteiger partial charge in [-0.15, -0.1) is 0 Å². The highest BCUT2D eigenvalue weighted by atomic mass is 35.5. The summed E-state index contributed by atoms with van der Waals surface area (Å²) in [5.41, 5.74) is 2.44. The first-order valence-electron chi connectivity index (χ1n) is 7.21. The van der Waals surface area contributed by atoms with Crippen molar-refractivity contribution >= 4 is 17.3 Å². The van der Waals surface area contributed by atoms with E-state index in [0.717, 1.165) is 37.7 Å². The van der Waals surface area contributed by atoms with Crippen molar-refractivity contribution in [1.82, 2.24) is 4.90 Å². The Hall–Kier alpha value is -1.71. The lowest BCUT2D eigenvalue weighted by atomic mass is 10.2. The highest BCUT2D eigenvalue weighted by Crippen LogP contribution is 2.20. The molecule has 0 spiro atoms. The fourth-order valence-corrected chi connectivity index (χ4v) is 2.93. The molecule has 1 N–H and O–H groups in total. The van der Waals surface area contributed by atoms with Crippen LogP contribution in [-0.4, -0.2) is 36.2 Å². The van der Waals surface area contributed by atoms with Crippen LogP contribution in [0.1, 0.15) is 5.56 Å². The Morgan fingerprint density at radius 3 is 2.33 bits per heavy atom. The predicted molar refractivity (Wildman–Crippen MR) is 87.0 cm³/mol. The van der Waals surface area contributed by atoms with Crippen LogP contribution in [0.15, 0.2) is 48.5 Å². The maximum Gasteiger partial charge on any atom is 0.115 e. The van der Waals surface area contributed by atoms with E-state index in [1.807, 2.05) is 30.3 Å². The Labute approximate surface area is 130 Å². The summed E-state index contributed by atoms with van der Waals surface area (Å²) in [7, 11) is 0. The van der Waals surface area contributed by atoms with Crippen molar-refractivity contribution in [1.29, 1.82) is 0 Å². The number of nitrogens with zero attached hydrogens (tertiary/aromatic N) is 2. The molecule has 0 amide bonds. The molecule has 1 aliphatic heterocycles. The monoisotopic (exact) mass is 302 g/mol. The number of benzene rings is 2. The van der Waals surface area contributed by atoms with Gasteiger partial charge in [-0.3, -0.25) is 4.90 Å². The molecule has 21 heavy (non-hydrogen) atoms. The van der Waals surface area contributed by atoms with Gasteiger partial charge in [-0.2, -0.15) is 0 Å². The molecular weight excluding hydrogens is 284 g/mol. The van der Waals surface area contributed by atoms with E-state index < -0.39 is 0 Å². The molecule has 0 aromatic heterocycles. The zero-order valence-corrected chi connectivity index (χ0v) is 12.6. The van der Waals surface area contributed by atoms with Crippen molar-refractivity contribution in [3.8, 4) is 5.75 Å². The van der Waals surface area contributed by atoms with Gasteiger partial charge in [-0.1, -0.05) is 23.7 Å². The number of piperazine rings is 1. The van der Waals surface area contributed by atoms with E-state index in [1.165, 1.54) is 11.3 Å². The van der Waals surface area contributed by atoms with Crippen LogP contribution >= 0.6 is 11.6 Å². The van der Waals surface area contributed by atoms with E-state index in [4.69, 9.17) is 11.6 Å². The highest BCUT2D eigenvalue weighted by Gasteiger charge is 2.17. The standard InChI is InChI=1S/C17H19ClN2O/c18-15-3-1-2-14(12-15)13-19-8-10-20(11-9-19)16-4-6-17(21)7-5-16/h1-7,12,21H,8-11,13H2. The molecule has 0 radical (unpaired) electrons. The van der Waals surface area contributed by atoms with Gasteiger partial charge in [-0.05, 0) is 42.0 Å². The first-order valence-corrected chi connectivity index (χ1v) is 7.59. The molecule has 1 aliphatic rings. The first-order chi connectivity index (χ1) is 10.2. The molecule has 0 aliphatic carbocycles. The number of hydrogen-bond donors (Lipinski definition) is 1. The van der Waals surface area contributed by atoms with Gasteiger partial charge in [-0.25, -0.2) is 0 Å². The van der Waals surface area contributed by atoms with Crippen LogP contribution in [0.4, 0.5) is 5.69 Å². The van der Waals surface area contributed by atoms with Crippen molar-refractivity contribution in [3.05, 3.63) is 59.1 Å². The predicted octanol–water partition coefficient (Wildman–Crippen LogP) is 3.37. The molecule has 0 unspecified atom stereocenters. The van der Waals surface area contributed by atoms with Crippen LogP contribution in [-0.2, 0) is 6.54 Å². The Bertz CT molecular complexity index is 592. The molecule has 4 heteroatoms. The molecule has 0 saturated carbocycles. The molecule has 3 rings (SSSR count). The largest absolute Gasteiger partial charge is 0.508 e. The second-order valence-electron chi connectivity index (χ2n) is 5.41. The minimum absolute atomic E-state index is 0.318. The Morgan fingerprint density at radius 1 is 0.952 bits per heavy atom. The van der Waals surface area contributed by atoms with E-state index in [0.29, 0.717) is 5.75 Å². The van der Waals surface area contributed by atoms with Crippen LogP contribution in [0.2, 0.25) is 5.02 Å². The van der Waals surface area contributed by atoms with Gasteiger partial charge < -0.3 is 10.0 Å². The van der Waals surface area contributed by atoms with Crippen LogP contribution < -0.4 is 4.90 Å². The topological polar surface area (TPSA) is 26.7 Å². The fraction of sp³-hybridized carbons (Fsp3) is 0.294. The molecule has 1 heterocycles. The summed E-state index contributed by atoms with van der Waals surface area (Å²) in [6, 6.07) is 15.5. The third kappa shape index (κ3) is 3.69. The van der Waals surface area contributed by atoms with Crippen molar-refractivity contribution in [2.75, 3.05) is 31.1 Å². The fourth-order valence-electron chi connectivity index (χ4n) is 2.72. The number of hydrogen-bond acceptors (Lipinski definition) is 3. The molecule has 0 bridgehead atoms. The zero-order chi connectivity index (χ0) is 14.7. The van der Waals surface area contributed by atoms with Crippen LogP contribution in [0.5, 0.6) is 5.75 Å². The number of halogens is 1. The molecule has 2 aromatic carbocycles. The average Bonchev–Trinajstić information content (AvgIpc) is 2.49. The maximum absolute atomic E-state index is 9.35. The molecule has 1 saturated heterocycles. The smallest absolute Gasteiger partial charge is 0.115 e. The van der Waals surface area contributed by atoms with Gasteiger partial charge in [0.05, 0.1) is 0 Å². The van der Waals surface area contributed by atoms with E-state index in [-0.39, 0.29) is 0 Å². The lowest BCUT2D eigenvalue weighted by molar-refractivity contribution is 0.250. The Morgan fingerprint density at radius 2 is 1.67 bits per heavy atom. The molecule has 3 nitrogen and oxygen atoms in total. The summed E-state index contributed by atoms with van der Waals surface area (Å²) >= 11 is 6.03. The van der Waals surface area contributed by atoms with E-state index in [1.54, 1.807) is 12.1 Å². The number of phenolic OH excluding ortho intramolecular Hbond substituents is 1. The Balaban J connectivity index is 1.56. The van der Waals surface area contributed by atoms with Gasteiger partial charge >= 0.3 is 0 Å². The van der Waals surface area contributed by atoms with Gasteiger partial charge in [0, 0.05) is 43.4 Å². The van der Waals surface area contributed by atoms with Crippen molar-refractivity contribution in [2.24, 2.45) is 0 Å². The zero-order valence-electron chi connectivity index (χ0n) is 11.9. The average molecular weight is 303 g/mol. The highest BCUT2D eigenvalue weighted by molar-refractivity contribution is 6.30. The number of aromatic hydroxyl groups is 1. The third-order valence-electron chi connectivity index (χ3n) is 3.88. The van der Waals surface area contributed by atoms with Gasteiger partial charge in [0.15, 0.2) is 0 Å². The number of anilines is 1.